The Morgan fingerprint density at radius 1 is 0.897 bits per heavy atom. The van der Waals surface area contributed by atoms with Crippen molar-refractivity contribution in [1.29, 1.82) is 0 Å². The lowest BCUT2D eigenvalue weighted by molar-refractivity contribution is 0.0731. The summed E-state index contributed by atoms with van der Waals surface area (Å²) in [5.74, 6) is -0.591. The normalized spacial score (nSPS) is 10.9. The summed E-state index contributed by atoms with van der Waals surface area (Å²) in [4.78, 5) is 25.9. The lowest BCUT2D eigenvalue weighted by Crippen LogP contribution is -2.16. The molecule has 0 saturated carbocycles. The van der Waals surface area contributed by atoms with Crippen LogP contribution >= 0.6 is 11.6 Å². The molecule has 144 valence electrons. The van der Waals surface area contributed by atoms with Crippen LogP contribution in [0.4, 0.5) is 0 Å². The number of carbonyl (C=O) groups is 1. The van der Waals surface area contributed by atoms with Crippen molar-refractivity contribution in [3.63, 3.8) is 0 Å². The third-order valence-corrected chi connectivity index (χ3v) is 4.84. The first kappa shape index (κ1) is 19.0. The standard InChI is InChI=1S/C24H17ClO4/c1-14-3-7-16(8-4-14)22-23(29-24(27)17-9-5-15(2)6-10-17)21(26)19-13-18(25)11-12-20(19)28-22/h3-13H,1-2H3. The Kier molecular flexibility index (Phi) is 4.95. The highest BCUT2D eigenvalue weighted by Gasteiger charge is 2.21. The maximum atomic E-state index is 13.2. The van der Waals surface area contributed by atoms with Gasteiger partial charge in [0.1, 0.15) is 5.58 Å². The van der Waals surface area contributed by atoms with Crippen molar-refractivity contribution in [3.8, 4) is 17.1 Å². The Balaban J connectivity index is 1.89. The average molecular weight is 405 g/mol. The number of carbonyl (C=O) groups excluding carboxylic acids is 1. The Bertz CT molecular complexity index is 1270. The summed E-state index contributed by atoms with van der Waals surface area (Å²) >= 11 is 6.05. The monoisotopic (exact) mass is 404 g/mol. The fourth-order valence-corrected chi connectivity index (χ4v) is 3.15. The van der Waals surface area contributed by atoms with E-state index in [1.165, 1.54) is 6.07 Å². The quantitative estimate of drug-likeness (QED) is 0.396. The Morgan fingerprint density at radius 3 is 2.17 bits per heavy atom. The summed E-state index contributed by atoms with van der Waals surface area (Å²) in [5.41, 5.74) is 2.96. The third-order valence-electron chi connectivity index (χ3n) is 4.61. The molecular weight excluding hydrogens is 388 g/mol. The molecule has 4 aromatic rings. The highest BCUT2D eigenvalue weighted by molar-refractivity contribution is 6.31. The van der Waals surface area contributed by atoms with Gasteiger partial charge in [0.15, 0.2) is 5.76 Å². The van der Waals surface area contributed by atoms with Gasteiger partial charge < -0.3 is 9.15 Å². The molecule has 1 heterocycles. The molecular formula is C24H17ClO4. The van der Waals surface area contributed by atoms with Gasteiger partial charge in [-0.2, -0.15) is 0 Å². The molecule has 0 radical (unpaired) electrons. The Morgan fingerprint density at radius 2 is 1.52 bits per heavy atom. The smallest absolute Gasteiger partial charge is 0.343 e. The van der Waals surface area contributed by atoms with Crippen molar-refractivity contribution in [3.05, 3.63) is 98.7 Å². The molecule has 4 rings (SSSR count). The van der Waals surface area contributed by atoms with Gasteiger partial charge in [-0.1, -0.05) is 59.1 Å². The second-order valence-corrected chi connectivity index (χ2v) is 7.29. The molecule has 0 N–H and O–H groups in total. The zero-order valence-corrected chi connectivity index (χ0v) is 16.6. The van der Waals surface area contributed by atoms with E-state index in [-0.39, 0.29) is 16.9 Å². The highest BCUT2D eigenvalue weighted by atomic mass is 35.5. The number of hydrogen-bond donors (Lipinski definition) is 0. The van der Waals surface area contributed by atoms with Crippen LogP contribution in [-0.4, -0.2) is 5.97 Å². The Hall–Kier alpha value is -3.37. The number of halogens is 1. The fraction of sp³-hybridized carbons (Fsp3) is 0.0833. The van der Waals surface area contributed by atoms with Crippen molar-refractivity contribution in [1.82, 2.24) is 0 Å². The minimum atomic E-state index is -0.632. The number of hydrogen-bond acceptors (Lipinski definition) is 4. The number of fused-ring (bicyclic) bond motifs is 1. The van der Waals surface area contributed by atoms with E-state index >= 15 is 0 Å². The van der Waals surface area contributed by atoms with Gasteiger partial charge in [0, 0.05) is 10.6 Å². The second-order valence-electron chi connectivity index (χ2n) is 6.85. The zero-order valence-electron chi connectivity index (χ0n) is 15.9. The Labute approximate surface area is 172 Å². The molecule has 4 nitrogen and oxygen atoms in total. The lowest BCUT2D eigenvalue weighted by atomic mass is 10.1. The largest absolute Gasteiger partial charge is 0.452 e. The maximum Gasteiger partial charge on any atom is 0.343 e. The molecule has 1 aromatic heterocycles. The molecule has 3 aromatic carbocycles. The number of benzene rings is 3. The van der Waals surface area contributed by atoms with Crippen molar-refractivity contribution in [2.75, 3.05) is 0 Å². The van der Waals surface area contributed by atoms with E-state index in [2.05, 4.69) is 0 Å². The predicted octanol–water partition coefficient (Wildman–Crippen LogP) is 5.95. The van der Waals surface area contributed by atoms with E-state index in [0.29, 0.717) is 21.7 Å². The first-order valence-electron chi connectivity index (χ1n) is 9.04. The number of rotatable bonds is 3. The molecule has 0 bridgehead atoms. The summed E-state index contributed by atoms with van der Waals surface area (Å²) in [6, 6.07) is 19.1. The molecule has 0 amide bonds. The molecule has 0 aliphatic carbocycles. The fourth-order valence-electron chi connectivity index (χ4n) is 2.98. The molecule has 0 atom stereocenters. The minimum absolute atomic E-state index is 0.158. The van der Waals surface area contributed by atoms with Crippen molar-refractivity contribution in [2.24, 2.45) is 0 Å². The molecule has 0 saturated heterocycles. The van der Waals surface area contributed by atoms with Gasteiger partial charge in [0.05, 0.1) is 10.9 Å². The van der Waals surface area contributed by atoms with E-state index in [0.717, 1.165) is 11.1 Å². The van der Waals surface area contributed by atoms with Crippen LogP contribution in [0.25, 0.3) is 22.3 Å². The lowest BCUT2D eigenvalue weighted by Gasteiger charge is -2.11. The average Bonchev–Trinajstić information content (AvgIpc) is 2.71. The topological polar surface area (TPSA) is 56.5 Å². The van der Waals surface area contributed by atoms with Gasteiger partial charge in [-0.25, -0.2) is 4.79 Å². The SMILES string of the molecule is Cc1ccc(C(=O)Oc2c(-c3ccc(C)cc3)oc3ccc(Cl)cc3c2=O)cc1. The van der Waals surface area contributed by atoms with Crippen molar-refractivity contribution >= 4 is 28.5 Å². The molecule has 0 fully saturated rings. The van der Waals surface area contributed by atoms with Crippen LogP contribution in [0.3, 0.4) is 0 Å². The maximum absolute atomic E-state index is 13.2. The van der Waals surface area contributed by atoms with Crippen molar-refractivity contribution in [2.45, 2.75) is 13.8 Å². The highest BCUT2D eigenvalue weighted by Crippen LogP contribution is 2.32. The number of ether oxygens (including phenoxy) is 1. The first-order valence-corrected chi connectivity index (χ1v) is 9.42. The summed E-state index contributed by atoms with van der Waals surface area (Å²) in [5, 5.41) is 0.642. The van der Waals surface area contributed by atoms with Crippen LogP contribution in [0, 0.1) is 13.8 Å². The van der Waals surface area contributed by atoms with Gasteiger partial charge in [-0.15, -0.1) is 0 Å². The minimum Gasteiger partial charge on any atom is -0.452 e. The van der Waals surface area contributed by atoms with Crippen LogP contribution in [0.15, 0.2) is 75.9 Å². The van der Waals surface area contributed by atoms with E-state index < -0.39 is 11.4 Å². The second kappa shape index (κ2) is 7.57. The van der Waals surface area contributed by atoms with Crippen LogP contribution in [0.2, 0.25) is 5.02 Å². The van der Waals surface area contributed by atoms with Gasteiger partial charge in [-0.05, 0) is 44.2 Å². The third kappa shape index (κ3) is 3.80. The molecule has 0 spiro atoms. The van der Waals surface area contributed by atoms with Gasteiger partial charge in [0.25, 0.3) is 0 Å². The van der Waals surface area contributed by atoms with Crippen LogP contribution in [0.1, 0.15) is 21.5 Å². The van der Waals surface area contributed by atoms with Gasteiger partial charge in [-0.3, -0.25) is 4.79 Å². The van der Waals surface area contributed by atoms with E-state index in [4.69, 9.17) is 20.8 Å². The van der Waals surface area contributed by atoms with Gasteiger partial charge in [0.2, 0.25) is 11.2 Å². The van der Waals surface area contributed by atoms with Crippen LogP contribution in [0.5, 0.6) is 5.75 Å². The first-order chi connectivity index (χ1) is 13.9. The zero-order chi connectivity index (χ0) is 20.5. The number of esters is 1. The molecule has 0 aliphatic rings. The van der Waals surface area contributed by atoms with Crippen LogP contribution in [-0.2, 0) is 0 Å². The number of aryl methyl sites for hydroxylation is 2. The summed E-state index contributed by atoms with van der Waals surface area (Å²) in [6.45, 7) is 3.88. The summed E-state index contributed by atoms with van der Waals surface area (Å²) < 4.78 is 11.5. The van der Waals surface area contributed by atoms with E-state index in [9.17, 15) is 9.59 Å². The van der Waals surface area contributed by atoms with E-state index in [1.807, 2.05) is 38.1 Å². The molecule has 0 aliphatic heterocycles. The van der Waals surface area contributed by atoms with E-state index in [1.54, 1.807) is 36.4 Å². The van der Waals surface area contributed by atoms with Crippen LogP contribution < -0.4 is 10.2 Å². The van der Waals surface area contributed by atoms with Gasteiger partial charge >= 0.3 is 5.97 Å². The molecule has 29 heavy (non-hydrogen) atoms. The van der Waals surface area contributed by atoms with Crippen molar-refractivity contribution < 1.29 is 13.9 Å². The summed E-state index contributed by atoms with van der Waals surface area (Å²) in [6.07, 6.45) is 0. The summed E-state index contributed by atoms with van der Waals surface area (Å²) in [7, 11) is 0. The molecule has 5 heteroatoms. The molecule has 0 unspecified atom stereocenters. The predicted molar refractivity (Wildman–Crippen MR) is 114 cm³/mol.